The fourth-order valence-electron chi connectivity index (χ4n) is 3.43. The minimum absolute atomic E-state index is 0.173. The molecule has 30 heavy (non-hydrogen) atoms. The average molecular weight is 426 g/mol. The molecule has 8 heteroatoms. The van der Waals surface area contributed by atoms with Crippen LogP contribution < -0.4 is 10.9 Å². The van der Waals surface area contributed by atoms with E-state index in [1.165, 1.54) is 11.3 Å². The molecular weight excluding hydrogens is 402 g/mol. The predicted molar refractivity (Wildman–Crippen MR) is 116 cm³/mol. The van der Waals surface area contributed by atoms with Crippen LogP contribution in [-0.2, 0) is 16.0 Å². The van der Waals surface area contributed by atoms with E-state index < -0.39 is 0 Å². The number of nitrogens with zero attached hydrogens (tertiary/aromatic N) is 1. The molecule has 0 aliphatic heterocycles. The Morgan fingerprint density at radius 3 is 2.87 bits per heavy atom. The summed E-state index contributed by atoms with van der Waals surface area (Å²) >= 11 is 1.37. The van der Waals surface area contributed by atoms with Crippen molar-refractivity contribution in [3.63, 3.8) is 0 Å². The quantitative estimate of drug-likeness (QED) is 0.531. The summed E-state index contributed by atoms with van der Waals surface area (Å²) in [5.74, 6) is 0.398. The molecule has 4 rings (SSSR count). The van der Waals surface area contributed by atoms with Crippen LogP contribution in [-0.4, -0.2) is 28.5 Å². The highest BCUT2D eigenvalue weighted by Gasteiger charge is 2.32. The number of fused-ring (bicyclic) bond motifs is 1. The lowest BCUT2D eigenvalue weighted by Crippen LogP contribution is -2.16. The molecular formula is C22H23N3O4S. The molecule has 3 aromatic rings. The third-order valence-electron chi connectivity index (χ3n) is 5.05. The number of hydrogen-bond acceptors (Lipinski definition) is 6. The molecule has 2 heterocycles. The van der Waals surface area contributed by atoms with Gasteiger partial charge in [-0.25, -0.2) is 9.78 Å². The van der Waals surface area contributed by atoms with Crippen molar-refractivity contribution in [3.8, 4) is 0 Å². The Hall–Kier alpha value is -3.00. The number of aryl methyl sites for hydroxylation is 1. The summed E-state index contributed by atoms with van der Waals surface area (Å²) in [7, 11) is 0. The van der Waals surface area contributed by atoms with Gasteiger partial charge in [-0.15, -0.1) is 11.3 Å². The lowest BCUT2D eigenvalue weighted by atomic mass is 10.1. The first-order valence-electron chi connectivity index (χ1n) is 10.1. The Labute approximate surface area is 177 Å². The highest BCUT2D eigenvalue weighted by atomic mass is 32.1. The van der Waals surface area contributed by atoms with Gasteiger partial charge in [-0.1, -0.05) is 12.1 Å². The van der Waals surface area contributed by atoms with Crippen LogP contribution >= 0.6 is 11.3 Å². The van der Waals surface area contributed by atoms with Crippen LogP contribution in [0.3, 0.4) is 0 Å². The number of aromatic nitrogens is 2. The maximum atomic E-state index is 12.5. The van der Waals surface area contributed by atoms with Gasteiger partial charge in [0.1, 0.15) is 10.8 Å². The maximum absolute atomic E-state index is 12.5. The molecule has 0 saturated heterocycles. The van der Waals surface area contributed by atoms with Crippen molar-refractivity contribution >= 4 is 39.1 Å². The zero-order valence-electron chi connectivity index (χ0n) is 16.7. The first-order valence-corrected chi connectivity index (χ1v) is 11.0. The number of H-pyrrole nitrogens is 1. The number of ether oxygens (including phenoxy) is 1. The number of rotatable bonds is 8. The summed E-state index contributed by atoms with van der Waals surface area (Å²) in [6.07, 6.45) is 3.40. The number of thiophene rings is 1. The number of nitrogens with one attached hydrogen (secondary N) is 2. The molecule has 0 unspecified atom stereocenters. The fraction of sp³-hybridized carbons (Fsp3) is 0.364. The maximum Gasteiger partial charge on any atom is 0.341 e. The number of benzene rings is 1. The van der Waals surface area contributed by atoms with Crippen LogP contribution in [0.5, 0.6) is 0 Å². The zero-order valence-corrected chi connectivity index (χ0v) is 17.5. The number of carbonyl (C=O) groups excluding carboxylic acids is 2. The van der Waals surface area contributed by atoms with E-state index >= 15 is 0 Å². The molecule has 1 aromatic carbocycles. The van der Waals surface area contributed by atoms with Gasteiger partial charge >= 0.3 is 5.97 Å². The molecule has 1 aliphatic carbocycles. The van der Waals surface area contributed by atoms with E-state index in [4.69, 9.17) is 4.74 Å². The predicted octanol–water partition coefficient (Wildman–Crippen LogP) is 4.00. The molecule has 1 saturated carbocycles. The number of carbonyl (C=O) groups is 2. The van der Waals surface area contributed by atoms with Crippen molar-refractivity contribution in [2.24, 2.45) is 0 Å². The van der Waals surface area contributed by atoms with E-state index in [0.717, 1.165) is 18.4 Å². The summed E-state index contributed by atoms with van der Waals surface area (Å²) in [6.45, 7) is 2.06. The number of aromatic amines is 1. The van der Waals surface area contributed by atoms with Crippen molar-refractivity contribution in [1.29, 1.82) is 0 Å². The molecule has 0 bridgehead atoms. The molecule has 1 amide bonds. The Kier molecular flexibility index (Phi) is 5.94. The second-order valence-electron chi connectivity index (χ2n) is 7.32. The number of esters is 1. The minimum atomic E-state index is -0.381. The first kappa shape index (κ1) is 20.3. The molecule has 1 aliphatic rings. The van der Waals surface area contributed by atoms with Crippen molar-refractivity contribution in [2.45, 2.75) is 44.9 Å². The topological polar surface area (TPSA) is 101 Å². The molecule has 2 aromatic heterocycles. The second kappa shape index (κ2) is 8.79. The van der Waals surface area contributed by atoms with Crippen molar-refractivity contribution in [3.05, 3.63) is 57.0 Å². The third-order valence-corrected chi connectivity index (χ3v) is 5.96. The second-order valence-corrected chi connectivity index (χ2v) is 8.20. The van der Waals surface area contributed by atoms with E-state index in [1.807, 2.05) is 11.4 Å². The van der Waals surface area contributed by atoms with E-state index in [9.17, 15) is 14.4 Å². The van der Waals surface area contributed by atoms with Crippen LogP contribution in [0.25, 0.3) is 10.9 Å². The van der Waals surface area contributed by atoms with Gasteiger partial charge in [-0.3, -0.25) is 9.59 Å². The lowest BCUT2D eigenvalue weighted by molar-refractivity contribution is -0.116. The minimum Gasteiger partial charge on any atom is -0.462 e. The largest absolute Gasteiger partial charge is 0.462 e. The van der Waals surface area contributed by atoms with E-state index in [1.54, 1.807) is 25.1 Å². The number of para-hydroxylation sites is 1. The van der Waals surface area contributed by atoms with Gasteiger partial charge in [-0.05, 0) is 55.2 Å². The van der Waals surface area contributed by atoms with Gasteiger partial charge in [-0.2, -0.15) is 0 Å². The molecule has 0 atom stereocenters. The number of anilines is 1. The van der Waals surface area contributed by atoms with Gasteiger partial charge in [0.25, 0.3) is 5.56 Å². The molecule has 0 radical (unpaired) electrons. The monoisotopic (exact) mass is 425 g/mol. The molecule has 0 spiro atoms. The van der Waals surface area contributed by atoms with Crippen LogP contribution in [0.4, 0.5) is 5.00 Å². The lowest BCUT2D eigenvalue weighted by Gasteiger charge is -2.08. The summed E-state index contributed by atoms with van der Waals surface area (Å²) in [4.78, 5) is 44.2. The van der Waals surface area contributed by atoms with Crippen LogP contribution in [0.2, 0.25) is 0 Å². The first-order chi connectivity index (χ1) is 14.6. The van der Waals surface area contributed by atoms with E-state index in [2.05, 4.69) is 15.3 Å². The Morgan fingerprint density at radius 2 is 2.10 bits per heavy atom. The fourth-order valence-corrected chi connectivity index (χ4v) is 4.48. The highest BCUT2D eigenvalue weighted by Crippen LogP contribution is 2.46. The average Bonchev–Trinajstić information content (AvgIpc) is 3.49. The van der Waals surface area contributed by atoms with Gasteiger partial charge in [0, 0.05) is 12.8 Å². The third kappa shape index (κ3) is 4.43. The molecule has 156 valence electrons. The summed E-state index contributed by atoms with van der Waals surface area (Å²) < 4.78 is 5.19. The van der Waals surface area contributed by atoms with E-state index in [0.29, 0.717) is 52.7 Å². The van der Waals surface area contributed by atoms with Crippen LogP contribution in [0.1, 0.15) is 60.3 Å². The van der Waals surface area contributed by atoms with Crippen LogP contribution in [0.15, 0.2) is 34.4 Å². The number of hydrogen-bond donors (Lipinski definition) is 2. The molecule has 7 nitrogen and oxygen atoms in total. The highest BCUT2D eigenvalue weighted by molar-refractivity contribution is 7.15. The van der Waals surface area contributed by atoms with E-state index in [-0.39, 0.29) is 23.9 Å². The van der Waals surface area contributed by atoms with Gasteiger partial charge in [0.2, 0.25) is 5.91 Å². The zero-order chi connectivity index (χ0) is 21.1. The number of amides is 1. The smallest absolute Gasteiger partial charge is 0.341 e. The van der Waals surface area contributed by atoms with Gasteiger partial charge in [0.05, 0.1) is 23.1 Å². The molecule has 2 N–H and O–H groups in total. The van der Waals surface area contributed by atoms with Crippen molar-refractivity contribution in [2.75, 3.05) is 11.9 Å². The summed E-state index contributed by atoms with van der Waals surface area (Å²) in [5, 5.41) is 5.92. The summed E-state index contributed by atoms with van der Waals surface area (Å²) in [5.41, 5.74) is 1.95. The SMILES string of the molecule is CCOC(=O)c1c(C2CC2)csc1NC(=O)CCCc1nc2ccccc2c(=O)[nH]1. The Balaban J connectivity index is 1.39. The summed E-state index contributed by atoms with van der Waals surface area (Å²) in [6, 6.07) is 7.17. The van der Waals surface area contributed by atoms with Gasteiger partial charge in [0.15, 0.2) is 0 Å². The Bertz CT molecular complexity index is 1150. The molecule has 1 fully saturated rings. The van der Waals surface area contributed by atoms with Crippen molar-refractivity contribution < 1.29 is 14.3 Å². The van der Waals surface area contributed by atoms with Crippen molar-refractivity contribution in [1.82, 2.24) is 9.97 Å². The standard InChI is InChI=1S/C22H23N3O4S/c1-2-29-22(28)19-15(13-10-11-13)12-30-21(19)25-18(26)9-5-8-17-23-16-7-4-3-6-14(16)20(27)24-17/h3-4,6-7,12-13H,2,5,8-11H2,1H3,(H,25,26)(H,23,24,27). The normalized spacial score (nSPS) is 13.4. The van der Waals surface area contributed by atoms with Gasteiger partial charge < -0.3 is 15.0 Å². The Morgan fingerprint density at radius 1 is 1.30 bits per heavy atom. The van der Waals surface area contributed by atoms with Crippen LogP contribution in [0, 0.1) is 0 Å².